The third kappa shape index (κ3) is 16.3. The van der Waals surface area contributed by atoms with E-state index in [0.29, 0.717) is 25.5 Å². The van der Waals surface area contributed by atoms with E-state index in [0.717, 1.165) is 11.3 Å². The molecule has 1 aliphatic heterocycles. The lowest BCUT2D eigenvalue weighted by molar-refractivity contribution is -0.128. The molecule has 0 spiro atoms. The second-order valence-electron chi connectivity index (χ2n) is 10.9. The van der Waals surface area contributed by atoms with Crippen molar-refractivity contribution in [2.45, 2.75) is 136 Å². The Bertz CT molecular complexity index is 778. The number of nitrogens with zero attached hydrogens (tertiary/aromatic N) is 2. The zero-order valence-corrected chi connectivity index (χ0v) is 25.2. The molecule has 1 aromatic rings. The molecule has 1 saturated heterocycles. The topological polar surface area (TPSA) is 87.2 Å². The molecule has 0 saturated carbocycles. The van der Waals surface area contributed by atoms with Crippen LogP contribution in [0.5, 0.6) is 0 Å². The van der Waals surface area contributed by atoms with Crippen LogP contribution in [-0.4, -0.2) is 60.7 Å². The number of rotatable bonds is 23. The van der Waals surface area contributed by atoms with Crippen molar-refractivity contribution in [3.8, 4) is 0 Å². The third-order valence-corrected chi connectivity index (χ3v) is 7.25. The van der Waals surface area contributed by atoms with Crippen molar-refractivity contribution in [2.24, 2.45) is 0 Å². The summed E-state index contributed by atoms with van der Waals surface area (Å²) in [4.78, 5) is 29.5. The molecular weight excluding hydrogens is 508 g/mol. The molecule has 0 aliphatic carbocycles. The Morgan fingerprint density at radius 2 is 1.48 bits per heavy atom. The highest BCUT2D eigenvalue weighted by Crippen LogP contribution is 2.15. The molecule has 2 rings (SSSR count). The summed E-state index contributed by atoms with van der Waals surface area (Å²) in [6.07, 6.45) is 21.7. The summed E-state index contributed by atoms with van der Waals surface area (Å²) in [6.45, 7) is 5.06. The Kier molecular flexibility index (Phi) is 19.3. The first-order valence-electron chi connectivity index (χ1n) is 15.8. The van der Waals surface area contributed by atoms with Gasteiger partial charge in [0.05, 0.1) is 25.5 Å². The zero-order valence-electron chi connectivity index (χ0n) is 25.2. The number of carbonyl (C=O) groups is 2. The summed E-state index contributed by atoms with van der Waals surface area (Å²) in [6, 6.07) is 5.33. The van der Waals surface area contributed by atoms with Gasteiger partial charge in [0.15, 0.2) is 6.29 Å². The van der Waals surface area contributed by atoms with E-state index in [9.17, 15) is 9.59 Å². The number of hydrogen-bond acceptors (Lipinski definition) is 7. The van der Waals surface area contributed by atoms with Crippen LogP contribution in [-0.2, 0) is 30.3 Å². The first-order chi connectivity index (χ1) is 19.6. The molecule has 2 amide bonds. The van der Waals surface area contributed by atoms with Crippen molar-refractivity contribution in [1.29, 1.82) is 0 Å². The molecule has 0 bridgehead atoms. The van der Waals surface area contributed by atoms with Gasteiger partial charge in [0.2, 0.25) is 5.91 Å². The van der Waals surface area contributed by atoms with Gasteiger partial charge >= 0.3 is 6.09 Å². The normalized spacial score (nSPS) is 16.8. The van der Waals surface area contributed by atoms with Gasteiger partial charge in [-0.1, -0.05) is 109 Å². The number of carbonyl (C=O) groups excluding carboxylic acids is 2. The Morgan fingerprint density at radius 3 is 2.02 bits per heavy atom. The van der Waals surface area contributed by atoms with Gasteiger partial charge in [0, 0.05) is 19.7 Å². The fraction of sp³-hybridized carbons (Fsp3) is 0.781. The Labute approximate surface area is 242 Å². The van der Waals surface area contributed by atoms with E-state index in [1.165, 1.54) is 103 Å². The van der Waals surface area contributed by atoms with Gasteiger partial charge in [0.25, 0.3) is 0 Å². The highest BCUT2D eigenvalue weighted by molar-refractivity contribution is 5.90. The van der Waals surface area contributed by atoms with Crippen LogP contribution in [0.2, 0.25) is 0 Å². The number of unbranched alkanes of at least 4 members (excludes halogenated alkanes) is 15. The summed E-state index contributed by atoms with van der Waals surface area (Å²) in [5.74, 6) is -0.403. The van der Waals surface area contributed by atoms with E-state index in [1.54, 1.807) is 24.4 Å². The highest BCUT2D eigenvalue weighted by Gasteiger charge is 2.29. The first-order valence-corrected chi connectivity index (χ1v) is 15.8. The standard InChI is InChI=1S/C32H54N2O6/c1-3-4-5-6-7-8-9-10-11-12-13-14-15-16-17-20-23-37-27-31-38-25-30(40-31)26-39-32(36)34(28(2)35)24-29-21-18-19-22-33-29/h18-19,21-22,30-31H,3-17,20,23-27H2,1-2H3. The van der Waals surface area contributed by atoms with Crippen molar-refractivity contribution in [2.75, 3.05) is 26.4 Å². The Hall–Kier alpha value is -2.03. The number of ether oxygens (including phenoxy) is 4. The average molecular weight is 563 g/mol. The summed E-state index contributed by atoms with van der Waals surface area (Å²) in [5.41, 5.74) is 0.608. The fourth-order valence-electron chi connectivity index (χ4n) is 4.81. The summed E-state index contributed by atoms with van der Waals surface area (Å²) >= 11 is 0. The zero-order chi connectivity index (χ0) is 28.7. The van der Waals surface area contributed by atoms with Crippen LogP contribution in [0.3, 0.4) is 0 Å². The maximum atomic E-state index is 12.4. The Morgan fingerprint density at radius 1 is 0.875 bits per heavy atom. The van der Waals surface area contributed by atoms with E-state index < -0.39 is 18.3 Å². The van der Waals surface area contributed by atoms with Crippen LogP contribution in [0.1, 0.15) is 122 Å². The summed E-state index contributed by atoms with van der Waals surface area (Å²) in [5, 5.41) is 0. The number of amides is 2. The molecule has 0 aromatic carbocycles. The second-order valence-corrected chi connectivity index (χ2v) is 10.9. The molecule has 2 atom stereocenters. The van der Waals surface area contributed by atoms with E-state index in [4.69, 9.17) is 18.9 Å². The number of hydrogen-bond donors (Lipinski definition) is 0. The number of pyridine rings is 1. The van der Waals surface area contributed by atoms with Crippen LogP contribution in [0, 0.1) is 0 Å². The average Bonchev–Trinajstić information content (AvgIpc) is 3.42. The molecule has 0 radical (unpaired) electrons. The van der Waals surface area contributed by atoms with Crippen molar-refractivity contribution in [3.63, 3.8) is 0 Å². The smallest absolute Gasteiger partial charge is 0.416 e. The summed E-state index contributed by atoms with van der Waals surface area (Å²) < 4.78 is 22.4. The van der Waals surface area contributed by atoms with Gasteiger partial charge in [-0.25, -0.2) is 9.69 Å². The van der Waals surface area contributed by atoms with Gasteiger partial charge < -0.3 is 18.9 Å². The predicted octanol–water partition coefficient (Wildman–Crippen LogP) is 7.59. The highest BCUT2D eigenvalue weighted by atomic mass is 16.7. The van der Waals surface area contributed by atoms with Crippen LogP contribution in [0.25, 0.3) is 0 Å². The molecule has 0 N–H and O–H groups in total. The SMILES string of the molecule is CCCCCCCCCCCCCCCCCCOCC1OCC(COC(=O)N(Cc2ccccn2)C(C)=O)O1. The lowest BCUT2D eigenvalue weighted by Gasteiger charge is -2.19. The van der Waals surface area contributed by atoms with E-state index in [1.807, 2.05) is 0 Å². The molecule has 40 heavy (non-hydrogen) atoms. The van der Waals surface area contributed by atoms with Gasteiger partial charge in [-0.05, 0) is 18.6 Å². The lowest BCUT2D eigenvalue weighted by atomic mass is 10.0. The minimum absolute atomic E-state index is 0.0143. The molecule has 8 heteroatoms. The van der Waals surface area contributed by atoms with E-state index >= 15 is 0 Å². The van der Waals surface area contributed by atoms with Gasteiger partial charge in [-0.2, -0.15) is 0 Å². The Balaban J connectivity index is 1.38. The molecule has 1 aromatic heterocycles. The van der Waals surface area contributed by atoms with Crippen molar-refractivity contribution in [3.05, 3.63) is 30.1 Å². The van der Waals surface area contributed by atoms with Gasteiger partial charge in [0.1, 0.15) is 12.7 Å². The predicted molar refractivity (Wildman–Crippen MR) is 157 cm³/mol. The van der Waals surface area contributed by atoms with Crippen LogP contribution < -0.4 is 0 Å². The van der Waals surface area contributed by atoms with E-state index in [-0.39, 0.29) is 19.3 Å². The molecular formula is C32H54N2O6. The monoisotopic (exact) mass is 562 g/mol. The molecule has 1 aliphatic rings. The van der Waals surface area contributed by atoms with Crippen molar-refractivity contribution < 1.29 is 28.5 Å². The molecule has 1 fully saturated rings. The second kappa shape index (κ2) is 22.6. The van der Waals surface area contributed by atoms with Gasteiger partial charge in [-0.15, -0.1) is 0 Å². The third-order valence-electron chi connectivity index (χ3n) is 7.25. The van der Waals surface area contributed by atoms with Crippen LogP contribution >= 0.6 is 0 Å². The molecule has 8 nitrogen and oxygen atoms in total. The van der Waals surface area contributed by atoms with Crippen LogP contribution in [0.4, 0.5) is 4.79 Å². The minimum Gasteiger partial charge on any atom is -0.446 e. The molecule has 2 unspecified atom stereocenters. The quantitative estimate of drug-likeness (QED) is 0.127. The maximum absolute atomic E-state index is 12.4. The van der Waals surface area contributed by atoms with E-state index in [2.05, 4.69) is 11.9 Å². The van der Waals surface area contributed by atoms with Crippen LogP contribution in [0.15, 0.2) is 24.4 Å². The number of imide groups is 1. The van der Waals surface area contributed by atoms with Crippen molar-refractivity contribution in [1.82, 2.24) is 9.88 Å². The van der Waals surface area contributed by atoms with Gasteiger partial charge in [-0.3, -0.25) is 9.78 Å². The molecule has 2 heterocycles. The summed E-state index contributed by atoms with van der Waals surface area (Å²) in [7, 11) is 0. The molecule has 228 valence electrons. The largest absolute Gasteiger partial charge is 0.446 e. The maximum Gasteiger partial charge on any atom is 0.416 e. The fourth-order valence-corrected chi connectivity index (χ4v) is 4.81. The minimum atomic E-state index is -0.718. The van der Waals surface area contributed by atoms with Crippen molar-refractivity contribution >= 4 is 12.0 Å². The first kappa shape index (κ1) is 34.2. The number of aromatic nitrogens is 1. The lowest BCUT2D eigenvalue weighted by Crippen LogP contribution is -2.37.